The van der Waals surface area contributed by atoms with Gasteiger partial charge in [0.25, 0.3) is 0 Å². The van der Waals surface area contributed by atoms with Gasteiger partial charge >= 0.3 is 0 Å². The number of hydrogen-bond donors (Lipinski definition) is 3. The molecule has 0 fully saturated rings. The number of carbonyl (C=O) groups is 2. The lowest BCUT2D eigenvalue weighted by Crippen LogP contribution is -2.41. The van der Waals surface area contributed by atoms with Gasteiger partial charge in [0, 0.05) is 17.8 Å². The van der Waals surface area contributed by atoms with Gasteiger partial charge < -0.3 is 22.1 Å². The summed E-state index contributed by atoms with van der Waals surface area (Å²) in [7, 11) is 0. The molecular formula is C12H19N5O2. The van der Waals surface area contributed by atoms with E-state index >= 15 is 0 Å². The highest BCUT2D eigenvalue weighted by molar-refractivity contribution is 5.84. The molecule has 104 valence electrons. The number of hydrogen-bond acceptors (Lipinski definition) is 5. The van der Waals surface area contributed by atoms with Crippen LogP contribution in [0.1, 0.15) is 16.8 Å². The zero-order chi connectivity index (χ0) is 14.6. The van der Waals surface area contributed by atoms with Gasteiger partial charge in [0.2, 0.25) is 11.8 Å². The quantitative estimate of drug-likeness (QED) is 0.603. The van der Waals surface area contributed by atoms with Crippen molar-refractivity contribution < 1.29 is 9.59 Å². The van der Waals surface area contributed by atoms with Crippen LogP contribution in [-0.4, -0.2) is 29.9 Å². The van der Waals surface area contributed by atoms with Gasteiger partial charge in [-0.1, -0.05) is 0 Å². The molecule has 0 saturated carbocycles. The van der Waals surface area contributed by atoms with E-state index in [9.17, 15) is 9.59 Å². The molecule has 0 aliphatic rings. The summed E-state index contributed by atoms with van der Waals surface area (Å²) in [5, 5.41) is 0. The van der Waals surface area contributed by atoms with Crippen molar-refractivity contribution in [2.75, 3.05) is 18.0 Å². The van der Waals surface area contributed by atoms with Crippen molar-refractivity contribution in [3.63, 3.8) is 0 Å². The molecule has 0 atom stereocenters. The maximum absolute atomic E-state index is 11.1. The molecule has 1 heterocycles. The molecule has 1 aromatic rings. The highest BCUT2D eigenvalue weighted by Crippen LogP contribution is 2.21. The van der Waals surface area contributed by atoms with Crippen LogP contribution in [0.25, 0.3) is 0 Å². The van der Waals surface area contributed by atoms with E-state index in [2.05, 4.69) is 4.98 Å². The Balaban J connectivity index is 3.27. The zero-order valence-corrected chi connectivity index (χ0v) is 11.1. The average Bonchev–Trinajstić information content (AvgIpc) is 2.25. The highest BCUT2D eigenvalue weighted by atomic mass is 16.2. The summed E-state index contributed by atoms with van der Waals surface area (Å²) >= 11 is 0. The van der Waals surface area contributed by atoms with Crippen molar-refractivity contribution in [3.8, 4) is 0 Å². The molecule has 7 heteroatoms. The Morgan fingerprint density at radius 1 is 1.21 bits per heavy atom. The van der Waals surface area contributed by atoms with Gasteiger partial charge in [-0.15, -0.1) is 0 Å². The number of nitrogens with two attached hydrogens (primary N) is 3. The Bertz CT molecular complexity index is 485. The third-order valence-electron chi connectivity index (χ3n) is 2.65. The second-order valence-corrected chi connectivity index (χ2v) is 4.38. The maximum atomic E-state index is 11.1. The van der Waals surface area contributed by atoms with Crippen LogP contribution in [0.5, 0.6) is 0 Å². The van der Waals surface area contributed by atoms with Crippen molar-refractivity contribution in [3.05, 3.63) is 22.9 Å². The summed E-state index contributed by atoms with van der Waals surface area (Å²) in [6.45, 7) is 3.71. The number of amides is 2. The number of pyridine rings is 1. The molecule has 0 spiro atoms. The molecule has 0 radical (unpaired) electrons. The number of anilines is 1. The minimum absolute atomic E-state index is 0.133. The van der Waals surface area contributed by atoms with E-state index in [1.165, 1.54) is 4.90 Å². The first-order valence-electron chi connectivity index (χ1n) is 5.84. The van der Waals surface area contributed by atoms with Crippen molar-refractivity contribution in [2.45, 2.75) is 20.4 Å². The molecule has 0 aromatic carbocycles. The highest BCUT2D eigenvalue weighted by Gasteiger charge is 2.18. The maximum Gasteiger partial charge on any atom is 0.237 e. The molecule has 1 rings (SSSR count). The van der Waals surface area contributed by atoms with E-state index in [4.69, 9.17) is 17.2 Å². The third kappa shape index (κ3) is 3.92. The smallest absolute Gasteiger partial charge is 0.237 e. The van der Waals surface area contributed by atoms with E-state index in [1.807, 2.05) is 19.9 Å². The fourth-order valence-electron chi connectivity index (χ4n) is 1.94. The van der Waals surface area contributed by atoms with Crippen molar-refractivity contribution >= 4 is 17.6 Å². The minimum Gasteiger partial charge on any atom is -0.368 e. The van der Waals surface area contributed by atoms with E-state index in [-0.39, 0.29) is 19.6 Å². The SMILES string of the molecule is Cc1cc(C)c(CN)c(N(CC(N)=O)CC(N)=O)n1. The number of carbonyl (C=O) groups excluding carboxylic acids is 2. The first-order valence-corrected chi connectivity index (χ1v) is 5.84. The third-order valence-corrected chi connectivity index (χ3v) is 2.65. The molecule has 0 unspecified atom stereocenters. The molecule has 0 saturated heterocycles. The number of rotatable bonds is 6. The first-order chi connectivity index (χ1) is 8.85. The van der Waals surface area contributed by atoms with Gasteiger partial charge in [0.1, 0.15) is 5.82 Å². The number of aryl methyl sites for hydroxylation is 2. The second kappa shape index (κ2) is 6.14. The Morgan fingerprint density at radius 2 is 1.74 bits per heavy atom. The molecule has 7 nitrogen and oxygen atoms in total. The lowest BCUT2D eigenvalue weighted by molar-refractivity contribution is -0.117. The standard InChI is InChI=1S/C12H19N5O2/c1-7-3-8(2)16-12(9(7)4-13)17(5-10(14)18)6-11(15)19/h3H,4-6,13H2,1-2H3,(H2,14,18)(H2,15,19). The van der Waals surface area contributed by atoms with Gasteiger partial charge in [-0.2, -0.15) is 0 Å². The van der Waals surface area contributed by atoms with Crippen molar-refractivity contribution in [2.24, 2.45) is 17.2 Å². The largest absolute Gasteiger partial charge is 0.368 e. The lowest BCUT2D eigenvalue weighted by Gasteiger charge is -2.24. The topological polar surface area (TPSA) is 128 Å². The Morgan fingerprint density at radius 3 is 2.16 bits per heavy atom. The summed E-state index contributed by atoms with van der Waals surface area (Å²) in [5.41, 5.74) is 18.6. The second-order valence-electron chi connectivity index (χ2n) is 4.38. The van der Waals surface area contributed by atoms with Crippen LogP contribution >= 0.6 is 0 Å². The van der Waals surface area contributed by atoms with Gasteiger partial charge in [0.15, 0.2) is 0 Å². The van der Waals surface area contributed by atoms with E-state index in [0.717, 1.165) is 16.8 Å². The lowest BCUT2D eigenvalue weighted by atomic mass is 10.1. The van der Waals surface area contributed by atoms with Crippen LogP contribution in [0.3, 0.4) is 0 Å². The molecule has 0 aliphatic carbocycles. The molecule has 0 aliphatic heterocycles. The molecule has 2 amide bonds. The molecule has 6 N–H and O–H groups in total. The van der Waals surface area contributed by atoms with Crippen LogP contribution < -0.4 is 22.1 Å². The van der Waals surface area contributed by atoms with Crippen molar-refractivity contribution in [1.29, 1.82) is 0 Å². The van der Waals surface area contributed by atoms with Crippen LogP contribution in [0, 0.1) is 13.8 Å². The summed E-state index contributed by atoms with van der Waals surface area (Å²) in [6, 6.07) is 1.89. The van der Waals surface area contributed by atoms with Gasteiger partial charge in [-0.25, -0.2) is 4.98 Å². The summed E-state index contributed by atoms with van der Waals surface area (Å²) in [6.07, 6.45) is 0. The fraction of sp³-hybridized carbons (Fsp3) is 0.417. The monoisotopic (exact) mass is 265 g/mol. The predicted molar refractivity (Wildman–Crippen MR) is 72.2 cm³/mol. The Hall–Kier alpha value is -2.15. The van der Waals surface area contributed by atoms with E-state index in [1.54, 1.807) is 0 Å². The van der Waals surface area contributed by atoms with Crippen LogP contribution in [0.2, 0.25) is 0 Å². The van der Waals surface area contributed by atoms with E-state index in [0.29, 0.717) is 5.82 Å². The van der Waals surface area contributed by atoms with Crippen molar-refractivity contribution in [1.82, 2.24) is 4.98 Å². The number of nitrogens with zero attached hydrogens (tertiary/aromatic N) is 2. The molecule has 1 aromatic heterocycles. The van der Waals surface area contributed by atoms with Crippen LogP contribution in [0.15, 0.2) is 6.07 Å². The summed E-state index contributed by atoms with van der Waals surface area (Å²) < 4.78 is 0. The van der Waals surface area contributed by atoms with Gasteiger partial charge in [0.05, 0.1) is 13.1 Å². The molecule has 0 bridgehead atoms. The fourth-order valence-corrected chi connectivity index (χ4v) is 1.94. The Kier molecular flexibility index (Phi) is 4.82. The first kappa shape index (κ1) is 14.9. The summed E-state index contributed by atoms with van der Waals surface area (Å²) in [5.74, 6) is -0.645. The van der Waals surface area contributed by atoms with Crippen LogP contribution in [0.4, 0.5) is 5.82 Å². The van der Waals surface area contributed by atoms with E-state index < -0.39 is 11.8 Å². The number of primary amides is 2. The van der Waals surface area contributed by atoms with Gasteiger partial charge in [-0.3, -0.25) is 9.59 Å². The summed E-state index contributed by atoms with van der Waals surface area (Å²) in [4.78, 5) is 28.0. The average molecular weight is 265 g/mol. The van der Waals surface area contributed by atoms with Gasteiger partial charge in [-0.05, 0) is 25.5 Å². The predicted octanol–water partition coefficient (Wildman–Crippen LogP) is -1.07. The minimum atomic E-state index is -0.565. The Labute approximate surface area is 111 Å². The van der Waals surface area contributed by atoms with Crippen LogP contribution in [-0.2, 0) is 16.1 Å². The number of aromatic nitrogens is 1. The normalized spacial score (nSPS) is 10.3. The molecular weight excluding hydrogens is 246 g/mol. The molecule has 19 heavy (non-hydrogen) atoms. The zero-order valence-electron chi connectivity index (χ0n) is 11.1.